The summed E-state index contributed by atoms with van der Waals surface area (Å²) in [4.78, 5) is 34.8. The minimum Gasteiger partial charge on any atom is -0.481 e. The summed E-state index contributed by atoms with van der Waals surface area (Å²) in [5.41, 5.74) is -0.167. The zero-order chi connectivity index (χ0) is 38.2. The van der Waals surface area contributed by atoms with E-state index in [4.69, 9.17) is 14.6 Å². The van der Waals surface area contributed by atoms with Crippen LogP contribution in [0.5, 0.6) is 0 Å². The minimum atomic E-state index is -0.580. The molecule has 0 amide bonds. The number of hydrogen-bond acceptors (Lipinski definition) is 7. The maximum atomic E-state index is 11.9. The average molecular weight is 749 g/mol. The summed E-state index contributed by atoms with van der Waals surface area (Å²) in [5, 5.41) is 18.4. The minimum absolute atomic E-state index is 0.0332. The molecular formula is C43H77BO7S. The first-order chi connectivity index (χ1) is 25.1. The molecular weight excluding hydrogens is 671 g/mol. The van der Waals surface area contributed by atoms with E-state index in [-0.39, 0.29) is 28.2 Å². The molecule has 4 aliphatic rings. The number of hydrogen-bond donors (Lipinski definition) is 2. The third-order valence-corrected chi connectivity index (χ3v) is 12.4. The molecule has 0 unspecified atom stereocenters. The fourth-order valence-electron chi connectivity index (χ4n) is 7.73. The molecule has 0 atom stereocenters. The zero-order valence-electron chi connectivity index (χ0n) is 33.8. The molecule has 0 saturated heterocycles. The van der Waals surface area contributed by atoms with Gasteiger partial charge in [-0.1, -0.05) is 116 Å². The topological polar surface area (TPSA) is 110 Å². The van der Waals surface area contributed by atoms with Gasteiger partial charge in [-0.3, -0.25) is 14.4 Å². The van der Waals surface area contributed by atoms with Crippen LogP contribution in [0.2, 0.25) is 6.82 Å². The fraction of sp³-hybridized carbons (Fsp3) is 0.930. The van der Waals surface area contributed by atoms with Crippen molar-refractivity contribution in [2.45, 2.75) is 213 Å². The Bertz CT molecular complexity index is 1020. The van der Waals surface area contributed by atoms with Crippen LogP contribution in [0.3, 0.4) is 0 Å². The van der Waals surface area contributed by atoms with Crippen molar-refractivity contribution in [2.24, 2.45) is 21.7 Å². The number of esters is 2. The van der Waals surface area contributed by atoms with Gasteiger partial charge in [-0.2, -0.15) is 0 Å². The SMILES string of the molecule is CB=S.CCOC(=O)C1(CCCCCCCCCCCC2(C(=O)O)CC2)CC1.CCOC(=O)C1(CCCCCCCCCCCC2(CO)CC2)CC1. The Balaban J connectivity index is 0.000000335. The van der Waals surface area contributed by atoms with E-state index in [1.54, 1.807) is 6.15 Å². The quantitative estimate of drug-likeness (QED) is 0.0424. The van der Waals surface area contributed by atoms with Crippen LogP contribution in [-0.4, -0.2) is 54.1 Å². The molecule has 7 nitrogen and oxygen atoms in total. The largest absolute Gasteiger partial charge is 0.481 e. The molecule has 2 N–H and O–H groups in total. The maximum Gasteiger partial charge on any atom is 0.312 e. The van der Waals surface area contributed by atoms with Gasteiger partial charge in [-0.15, -0.1) is 0 Å². The number of ether oxygens (including phenoxy) is 2. The van der Waals surface area contributed by atoms with Gasteiger partial charge in [0, 0.05) is 6.61 Å². The van der Waals surface area contributed by atoms with Gasteiger partial charge in [0.1, 0.15) is 0 Å². The number of unbranched alkanes of at least 4 members (excludes halogenated alkanes) is 16. The van der Waals surface area contributed by atoms with Crippen molar-refractivity contribution in [1.29, 1.82) is 0 Å². The second-order valence-corrected chi connectivity index (χ2v) is 17.3. The van der Waals surface area contributed by atoms with Crippen LogP contribution in [0.1, 0.15) is 206 Å². The van der Waals surface area contributed by atoms with E-state index >= 15 is 0 Å². The summed E-state index contributed by atoms with van der Waals surface area (Å²) in [6.45, 7) is 7.01. The van der Waals surface area contributed by atoms with Gasteiger partial charge in [0.05, 0.1) is 29.5 Å². The molecule has 4 aliphatic carbocycles. The first-order valence-corrected chi connectivity index (χ1v) is 22.2. The Labute approximate surface area is 324 Å². The molecule has 0 aromatic heterocycles. The molecule has 0 aromatic carbocycles. The van der Waals surface area contributed by atoms with E-state index < -0.39 is 5.97 Å². The van der Waals surface area contributed by atoms with Crippen molar-refractivity contribution in [3.63, 3.8) is 0 Å². The second-order valence-electron chi connectivity index (χ2n) is 16.8. The molecule has 0 bridgehead atoms. The van der Waals surface area contributed by atoms with Crippen LogP contribution in [-0.2, 0) is 23.9 Å². The molecule has 0 aromatic rings. The Morgan fingerprint density at radius 3 is 1.02 bits per heavy atom. The number of aliphatic carboxylic acids is 1. The normalized spacial score (nSPS) is 18.7. The fourth-order valence-corrected chi connectivity index (χ4v) is 7.73. The molecule has 300 valence electrons. The smallest absolute Gasteiger partial charge is 0.312 e. The van der Waals surface area contributed by atoms with Crippen molar-refractivity contribution in [3.8, 4) is 0 Å². The van der Waals surface area contributed by atoms with E-state index in [1.807, 2.05) is 20.7 Å². The second kappa shape index (κ2) is 25.7. The Morgan fingerprint density at radius 1 is 0.519 bits per heavy atom. The average Bonchev–Trinajstić information content (AvgIpc) is 3.94. The van der Waals surface area contributed by atoms with Crippen LogP contribution in [0, 0.1) is 21.7 Å². The molecule has 4 rings (SSSR count). The molecule has 0 heterocycles. The van der Waals surface area contributed by atoms with E-state index in [9.17, 15) is 19.5 Å². The van der Waals surface area contributed by atoms with E-state index in [1.165, 1.54) is 122 Å². The summed E-state index contributed by atoms with van der Waals surface area (Å²) in [5.74, 6) is -0.492. The maximum absolute atomic E-state index is 11.9. The number of aliphatic hydroxyl groups is 1. The number of carbonyl (C=O) groups is 3. The predicted octanol–water partition coefficient (Wildman–Crippen LogP) is 11.7. The standard InChI is InChI=1S/C21H36O4.C21H38O3.CH3BS/c1-2-25-19(24)21(16-17-21)13-11-9-7-5-3-4-6-8-10-12-20(14-15-20)18(22)23;1-2-24-19(23)21(16-17-21)13-11-9-7-5-3-4-6-8-10-12-20(18-22)14-15-20;1-2-3/h2-17H2,1H3,(H,22,23);22H,2-18H2,1H3;1H3. The number of aliphatic hydroxyl groups excluding tert-OH is 1. The molecule has 9 heteroatoms. The predicted molar refractivity (Wildman–Crippen MR) is 215 cm³/mol. The summed E-state index contributed by atoms with van der Waals surface area (Å²) >= 11 is 4.27. The molecule has 4 fully saturated rings. The number of rotatable bonds is 30. The number of carbonyl (C=O) groups excluding carboxylic acids is 2. The van der Waals surface area contributed by atoms with E-state index in [0.29, 0.717) is 25.2 Å². The van der Waals surface area contributed by atoms with Crippen LogP contribution < -0.4 is 0 Å². The number of carboxylic acid groups (broad SMARTS) is 1. The Kier molecular flexibility index (Phi) is 23.1. The summed E-state index contributed by atoms with van der Waals surface area (Å²) < 4.78 is 10.4. The zero-order valence-corrected chi connectivity index (χ0v) is 34.6. The van der Waals surface area contributed by atoms with Crippen molar-refractivity contribution < 1.29 is 34.1 Å². The van der Waals surface area contributed by atoms with Crippen LogP contribution in [0.25, 0.3) is 0 Å². The first kappa shape index (κ1) is 46.8. The van der Waals surface area contributed by atoms with Crippen LogP contribution in [0.15, 0.2) is 0 Å². The van der Waals surface area contributed by atoms with Crippen LogP contribution >= 0.6 is 12.1 Å². The van der Waals surface area contributed by atoms with E-state index in [2.05, 4.69) is 12.1 Å². The first-order valence-electron chi connectivity index (χ1n) is 21.7. The molecule has 0 aliphatic heterocycles. The van der Waals surface area contributed by atoms with Crippen molar-refractivity contribution in [3.05, 3.63) is 0 Å². The van der Waals surface area contributed by atoms with Crippen LogP contribution in [0.4, 0.5) is 0 Å². The Morgan fingerprint density at radius 2 is 0.788 bits per heavy atom. The van der Waals surface area contributed by atoms with Gasteiger partial charge in [-0.25, -0.2) is 0 Å². The van der Waals surface area contributed by atoms with Gasteiger partial charge in [0.25, 0.3) is 0 Å². The molecule has 52 heavy (non-hydrogen) atoms. The van der Waals surface area contributed by atoms with Crippen molar-refractivity contribution in [2.75, 3.05) is 19.8 Å². The summed E-state index contributed by atoms with van der Waals surface area (Å²) in [6.07, 6.45) is 36.9. The third-order valence-electron chi connectivity index (χ3n) is 12.4. The van der Waals surface area contributed by atoms with Gasteiger partial charge in [0.15, 0.2) is 0 Å². The Hall–Kier alpha value is -1.35. The summed E-state index contributed by atoms with van der Waals surface area (Å²) in [7, 11) is 0. The molecule has 0 radical (unpaired) electrons. The number of carboxylic acids is 1. The van der Waals surface area contributed by atoms with Crippen molar-refractivity contribution in [1.82, 2.24) is 0 Å². The van der Waals surface area contributed by atoms with Gasteiger partial charge >= 0.3 is 42.9 Å². The van der Waals surface area contributed by atoms with Gasteiger partial charge < -0.3 is 19.7 Å². The molecule has 0 spiro atoms. The van der Waals surface area contributed by atoms with E-state index in [0.717, 1.165) is 70.6 Å². The molecule has 4 saturated carbocycles. The third kappa shape index (κ3) is 18.3. The van der Waals surface area contributed by atoms with Gasteiger partial charge in [0.2, 0.25) is 0 Å². The van der Waals surface area contributed by atoms with Gasteiger partial charge in [-0.05, 0) is 96.3 Å². The monoisotopic (exact) mass is 749 g/mol. The van der Waals surface area contributed by atoms with Crippen molar-refractivity contribution >= 4 is 36.1 Å². The summed E-state index contributed by atoms with van der Waals surface area (Å²) in [6, 6.07) is 0.